The van der Waals surface area contributed by atoms with Gasteiger partial charge in [0.05, 0.1) is 5.41 Å². The predicted molar refractivity (Wildman–Crippen MR) is 56.1 cm³/mol. The van der Waals surface area contributed by atoms with E-state index in [1.165, 1.54) is 38.5 Å². The molecule has 4 atom stereocenters. The Labute approximate surface area is 90.2 Å². The van der Waals surface area contributed by atoms with Crippen LogP contribution in [0, 0.1) is 23.2 Å². The van der Waals surface area contributed by atoms with Gasteiger partial charge in [-0.2, -0.15) is 0 Å². The van der Waals surface area contributed by atoms with Crippen molar-refractivity contribution >= 4 is 16.8 Å². The van der Waals surface area contributed by atoms with E-state index < -0.39 is 0 Å². The maximum atomic E-state index is 11.8. The summed E-state index contributed by atoms with van der Waals surface area (Å²) in [5.41, 5.74) is -0.0667. The second kappa shape index (κ2) is 2.98. The van der Waals surface area contributed by atoms with Crippen LogP contribution in [-0.4, -0.2) is 5.24 Å². The lowest BCUT2D eigenvalue weighted by Crippen LogP contribution is -2.47. The van der Waals surface area contributed by atoms with Crippen molar-refractivity contribution in [3.8, 4) is 0 Å². The van der Waals surface area contributed by atoms with Crippen molar-refractivity contribution in [2.24, 2.45) is 23.2 Å². The molecular weight excluding hydrogens is 196 g/mol. The van der Waals surface area contributed by atoms with Gasteiger partial charge in [0, 0.05) is 0 Å². The fourth-order valence-electron chi connectivity index (χ4n) is 4.67. The van der Waals surface area contributed by atoms with Gasteiger partial charge in [0.1, 0.15) is 0 Å². The Balaban J connectivity index is 2.04. The van der Waals surface area contributed by atoms with Crippen LogP contribution in [0.15, 0.2) is 0 Å². The number of halogens is 1. The molecule has 4 unspecified atom stereocenters. The molecule has 0 N–H and O–H groups in total. The van der Waals surface area contributed by atoms with E-state index in [0.29, 0.717) is 11.8 Å². The van der Waals surface area contributed by atoms with E-state index in [9.17, 15) is 4.79 Å². The molecule has 3 aliphatic carbocycles. The second-order valence-electron chi connectivity index (χ2n) is 5.42. The fraction of sp³-hybridized carbons (Fsp3) is 0.917. The SMILES string of the molecule is O=C(Cl)C12CCCC3CCC1CCC32. The van der Waals surface area contributed by atoms with Gasteiger partial charge < -0.3 is 0 Å². The molecule has 0 aromatic rings. The largest absolute Gasteiger partial charge is 0.281 e. The van der Waals surface area contributed by atoms with Crippen molar-refractivity contribution in [1.82, 2.24) is 0 Å². The molecule has 0 aliphatic heterocycles. The zero-order valence-electron chi connectivity index (χ0n) is 8.47. The minimum absolute atomic E-state index is 0.00519. The number of carbonyl (C=O) groups excluding carboxylic acids is 1. The summed E-state index contributed by atoms with van der Waals surface area (Å²) < 4.78 is 0. The smallest absolute Gasteiger partial charge is 0.228 e. The first kappa shape index (κ1) is 9.21. The van der Waals surface area contributed by atoms with Crippen LogP contribution in [0.4, 0.5) is 0 Å². The van der Waals surface area contributed by atoms with Crippen molar-refractivity contribution in [2.75, 3.05) is 0 Å². The molecular formula is C12H17ClO. The normalized spacial score (nSPS) is 50.5. The minimum atomic E-state index is -0.0667. The summed E-state index contributed by atoms with van der Waals surface area (Å²) in [6, 6.07) is 0. The highest BCUT2D eigenvalue weighted by atomic mass is 35.5. The van der Waals surface area contributed by atoms with E-state index in [1.807, 2.05) is 0 Å². The molecule has 0 radical (unpaired) electrons. The molecule has 3 aliphatic rings. The maximum Gasteiger partial charge on any atom is 0.228 e. The third-order valence-corrected chi connectivity index (χ3v) is 5.55. The molecule has 0 aromatic heterocycles. The summed E-state index contributed by atoms with van der Waals surface area (Å²) >= 11 is 5.90. The Kier molecular flexibility index (Phi) is 1.96. The Hall–Kier alpha value is -0.0400. The van der Waals surface area contributed by atoms with Crippen molar-refractivity contribution < 1.29 is 4.79 Å². The third-order valence-electron chi connectivity index (χ3n) is 5.20. The number of rotatable bonds is 1. The average Bonchev–Trinajstić information content (AvgIpc) is 2.38. The van der Waals surface area contributed by atoms with Crippen LogP contribution in [-0.2, 0) is 4.79 Å². The van der Waals surface area contributed by atoms with Gasteiger partial charge >= 0.3 is 0 Å². The molecule has 3 fully saturated rings. The van der Waals surface area contributed by atoms with E-state index in [1.54, 1.807) is 0 Å². The van der Waals surface area contributed by atoms with Gasteiger partial charge in [-0.15, -0.1) is 0 Å². The van der Waals surface area contributed by atoms with Crippen molar-refractivity contribution in [3.63, 3.8) is 0 Å². The first-order valence-corrected chi connectivity index (χ1v) is 6.33. The van der Waals surface area contributed by atoms with Crippen molar-refractivity contribution in [1.29, 1.82) is 0 Å². The molecule has 3 rings (SSSR count). The van der Waals surface area contributed by atoms with Gasteiger partial charge in [-0.1, -0.05) is 12.8 Å². The van der Waals surface area contributed by atoms with Crippen LogP contribution in [0.5, 0.6) is 0 Å². The van der Waals surface area contributed by atoms with Crippen LogP contribution in [0.25, 0.3) is 0 Å². The lowest BCUT2D eigenvalue weighted by molar-refractivity contribution is -0.132. The molecule has 78 valence electrons. The van der Waals surface area contributed by atoms with Gasteiger partial charge in [-0.3, -0.25) is 4.79 Å². The van der Waals surface area contributed by atoms with E-state index in [4.69, 9.17) is 11.6 Å². The van der Waals surface area contributed by atoms with Crippen LogP contribution >= 0.6 is 11.6 Å². The van der Waals surface area contributed by atoms with E-state index in [0.717, 1.165) is 12.3 Å². The Morgan fingerprint density at radius 3 is 2.64 bits per heavy atom. The molecule has 14 heavy (non-hydrogen) atoms. The highest BCUT2D eigenvalue weighted by molar-refractivity contribution is 6.64. The fourth-order valence-corrected chi connectivity index (χ4v) is 5.06. The summed E-state index contributed by atoms with van der Waals surface area (Å²) in [6.07, 6.45) is 8.83. The van der Waals surface area contributed by atoms with Gasteiger partial charge in [0.15, 0.2) is 0 Å². The number of carbonyl (C=O) groups is 1. The van der Waals surface area contributed by atoms with Gasteiger partial charge in [-0.25, -0.2) is 0 Å². The van der Waals surface area contributed by atoms with E-state index in [-0.39, 0.29) is 10.7 Å². The van der Waals surface area contributed by atoms with Crippen LogP contribution in [0.3, 0.4) is 0 Å². The van der Waals surface area contributed by atoms with Crippen LogP contribution in [0.1, 0.15) is 44.9 Å². The predicted octanol–water partition coefficient (Wildman–Crippen LogP) is 3.36. The summed E-state index contributed by atoms with van der Waals surface area (Å²) in [7, 11) is 0. The molecule has 2 heteroatoms. The molecule has 0 spiro atoms. The monoisotopic (exact) mass is 212 g/mol. The standard InChI is InChI=1S/C12H17ClO/c13-11(14)12-7-1-2-8-3-4-9(12)5-6-10(8)12/h8-10H,1-7H2. The van der Waals surface area contributed by atoms with Gasteiger partial charge in [0.25, 0.3) is 0 Å². The molecule has 0 amide bonds. The lowest BCUT2D eigenvalue weighted by Gasteiger charge is -2.49. The zero-order chi connectivity index (χ0) is 9.76. The van der Waals surface area contributed by atoms with Gasteiger partial charge in [-0.05, 0) is 61.5 Å². The maximum absolute atomic E-state index is 11.8. The van der Waals surface area contributed by atoms with Crippen LogP contribution < -0.4 is 0 Å². The second-order valence-corrected chi connectivity index (χ2v) is 5.77. The van der Waals surface area contributed by atoms with E-state index >= 15 is 0 Å². The zero-order valence-corrected chi connectivity index (χ0v) is 9.22. The van der Waals surface area contributed by atoms with Gasteiger partial charge in [0.2, 0.25) is 5.24 Å². The first-order valence-electron chi connectivity index (χ1n) is 5.95. The number of hydrogen-bond donors (Lipinski definition) is 0. The Morgan fingerprint density at radius 1 is 1.14 bits per heavy atom. The molecule has 0 saturated heterocycles. The lowest BCUT2D eigenvalue weighted by atomic mass is 9.55. The Morgan fingerprint density at radius 2 is 1.93 bits per heavy atom. The van der Waals surface area contributed by atoms with E-state index in [2.05, 4.69) is 0 Å². The topological polar surface area (TPSA) is 17.1 Å². The first-order chi connectivity index (χ1) is 6.75. The average molecular weight is 213 g/mol. The molecule has 3 saturated carbocycles. The van der Waals surface area contributed by atoms with Crippen molar-refractivity contribution in [3.05, 3.63) is 0 Å². The number of hydrogen-bond acceptors (Lipinski definition) is 1. The Bertz CT molecular complexity index is 275. The molecule has 0 aromatic carbocycles. The minimum Gasteiger partial charge on any atom is -0.281 e. The quantitative estimate of drug-likeness (QED) is 0.610. The van der Waals surface area contributed by atoms with Crippen LogP contribution in [0.2, 0.25) is 0 Å². The van der Waals surface area contributed by atoms with Crippen molar-refractivity contribution in [2.45, 2.75) is 44.9 Å². The molecule has 1 nitrogen and oxygen atoms in total. The summed E-state index contributed by atoms with van der Waals surface area (Å²) in [5, 5.41) is -0.00519. The molecule has 4 bridgehead atoms. The highest BCUT2D eigenvalue weighted by Crippen LogP contribution is 2.64. The summed E-state index contributed by atoms with van der Waals surface area (Å²) in [5.74, 6) is 2.11. The third kappa shape index (κ3) is 0.946. The molecule has 0 heterocycles. The summed E-state index contributed by atoms with van der Waals surface area (Å²) in [4.78, 5) is 11.8. The summed E-state index contributed by atoms with van der Waals surface area (Å²) in [6.45, 7) is 0. The highest BCUT2D eigenvalue weighted by Gasteiger charge is 2.60.